The van der Waals surface area contributed by atoms with E-state index in [0.717, 1.165) is 35.4 Å². The molecule has 0 atom stereocenters. The van der Waals surface area contributed by atoms with Crippen molar-refractivity contribution < 1.29 is 0 Å². The summed E-state index contributed by atoms with van der Waals surface area (Å²) in [4.78, 5) is 10.1. The highest BCUT2D eigenvalue weighted by Crippen LogP contribution is 2.22. The van der Waals surface area contributed by atoms with Crippen LogP contribution in [0.25, 0.3) is 22.7 Å². The van der Waals surface area contributed by atoms with Gasteiger partial charge < -0.3 is 9.88 Å². The third kappa shape index (κ3) is 4.20. The Balaban J connectivity index is 1.56. The Morgan fingerprint density at radius 2 is 1.72 bits per heavy atom. The number of allylic oxidation sites excluding steroid dienone is 1. The molecular formula is C25H22N4. The topological polar surface area (TPSA) is 55.7 Å². The summed E-state index contributed by atoms with van der Waals surface area (Å²) in [5, 5.41) is 9.62. The van der Waals surface area contributed by atoms with E-state index in [9.17, 15) is 5.26 Å². The van der Waals surface area contributed by atoms with Crippen molar-refractivity contribution in [2.24, 2.45) is 0 Å². The third-order valence-electron chi connectivity index (χ3n) is 4.93. The summed E-state index contributed by atoms with van der Waals surface area (Å²) in [6, 6.07) is 28.8. The fourth-order valence-corrected chi connectivity index (χ4v) is 3.37. The molecule has 1 heterocycles. The minimum absolute atomic E-state index is 0.519. The molecule has 3 aromatic carbocycles. The predicted molar refractivity (Wildman–Crippen MR) is 119 cm³/mol. The van der Waals surface area contributed by atoms with Gasteiger partial charge in [-0.3, -0.25) is 0 Å². The van der Waals surface area contributed by atoms with Gasteiger partial charge in [-0.05, 0) is 48.4 Å². The van der Waals surface area contributed by atoms with Crippen molar-refractivity contribution in [2.75, 3.05) is 11.4 Å². The van der Waals surface area contributed by atoms with Crippen molar-refractivity contribution in [3.05, 3.63) is 95.8 Å². The van der Waals surface area contributed by atoms with E-state index in [-0.39, 0.29) is 0 Å². The number of hydrogen-bond donors (Lipinski definition) is 1. The average Bonchev–Trinajstić information content (AvgIpc) is 3.21. The smallest absolute Gasteiger partial charge is 0.149 e. The molecule has 0 aliphatic carbocycles. The molecule has 0 aliphatic heterocycles. The average molecular weight is 378 g/mol. The number of rotatable bonds is 6. The lowest BCUT2D eigenvalue weighted by atomic mass is 10.1. The molecule has 4 rings (SSSR count). The quantitative estimate of drug-likeness (QED) is 0.441. The number of nitriles is 1. The maximum absolute atomic E-state index is 9.62. The molecule has 0 amide bonds. The Kier molecular flexibility index (Phi) is 5.40. The number of imidazole rings is 1. The number of nitrogens with zero attached hydrogens (tertiary/aromatic N) is 3. The maximum Gasteiger partial charge on any atom is 0.149 e. The summed E-state index contributed by atoms with van der Waals surface area (Å²) in [6.45, 7) is 3.95. The van der Waals surface area contributed by atoms with E-state index in [1.807, 2.05) is 48.5 Å². The van der Waals surface area contributed by atoms with Crippen LogP contribution in [-0.4, -0.2) is 16.5 Å². The molecule has 0 bridgehead atoms. The van der Waals surface area contributed by atoms with Crippen molar-refractivity contribution >= 4 is 28.4 Å². The molecule has 1 N–H and O–H groups in total. The van der Waals surface area contributed by atoms with E-state index < -0.39 is 0 Å². The van der Waals surface area contributed by atoms with Crippen molar-refractivity contribution in [1.29, 1.82) is 5.26 Å². The first-order valence-corrected chi connectivity index (χ1v) is 9.72. The Labute approximate surface area is 170 Å². The second-order valence-electron chi connectivity index (χ2n) is 6.86. The molecule has 4 nitrogen and oxygen atoms in total. The van der Waals surface area contributed by atoms with E-state index in [4.69, 9.17) is 0 Å². The van der Waals surface area contributed by atoms with E-state index in [1.54, 1.807) is 0 Å². The van der Waals surface area contributed by atoms with Gasteiger partial charge in [0.05, 0.1) is 16.6 Å². The van der Waals surface area contributed by atoms with Gasteiger partial charge in [0, 0.05) is 18.8 Å². The second kappa shape index (κ2) is 8.45. The number of nitrogens with one attached hydrogen (secondary N) is 1. The molecule has 0 unspecified atom stereocenters. The Bertz CT molecular complexity index is 1130. The molecule has 1 aromatic heterocycles. The Morgan fingerprint density at radius 3 is 2.41 bits per heavy atom. The normalized spacial score (nSPS) is 11.4. The molecular weight excluding hydrogens is 356 g/mol. The highest BCUT2D eigenvalue weighted by molar-refractivity contribution is 5.90. The molecule has 0 saturated heterocycles. The number of fused-ring (bicyclic) bond motifs is 1. The molecule has 4 aromatic rings. The molecule has 0 aliphatic rings. The van der Waals surface area contributed by atoms with Crippen LogP contribution >= 0.6 is 0 Å². The van der Waals surface area contributed by atoms with Crippen molar-refractivity contribution in [3.8, 4) is 6.07 Å². The summed E-state index contributed by atoms with van der Waals surface area (Å²) in [6.07, 6.45) is 1.87. The molecule has 0 saturated carbocycles. The van der Waals surface area contributed by atoms with Crippen LogP contribution in [0.3, 0.4) is 0 Å². The SMILES string of the molecule is CCN(Cc1ccccc1)c1ccc(/C=C(/C#N)c2nc3ccccc3[nH]2)cc1. The van der Waals surface area contributed by atoms with Crippen LogP contribution in [0.15, 0.2) is 78.9 Å². The highest BCUT2D eigenvalue weighted by Gasteiger charge is 2.09. The lowest BCUT2D eigenvalue weighted by molar-refractivity contribution is 0.832. The number of aromatic amines is 1. The van der Waals surface area contributed by atoms with E-state index in [0.29, 0.717) is 11.4 Å². The van der Waals surface area contributed by atoms with E-state index in [1.165, 1.54) is 5.56 Å². The summed E-state index contributed by atoms with van der Waals surface area (Å²) >= 11 is 0. The minimum atomic E-state index is 0.519. The zero-order valence-corrected chi connectivity index (χ0v) is 16.3. The summed E-state index contributed by atoms with van der Waals surface area (Å²) in [5.74, 6) is 0.594. The van der Waals surface area contributed by atoms with Crippen LogP contribution in [0.1, 0.15) is 23.9 Å². The van der Waals surface area contributed by atoms with Crippen LogP contribution in [0.4, 0.5) is 5.69 Å². The van der Waals surface area contributed by atoms with Crippen molar-refractivity contribution in [1.82, 2.24) is 9.97 Å². The summed E-state index contributed by atoms with van der Waals surface area (Å²) in [5.41, 5.74) is 5.73. The fourth-order valence-electron chi connectivity index (χ4n) is 3.37. The Hall–Kier alpha value is -3.84. The Morgan fingerprint density at radius 1 is 1.00 bits per heavy atom. The van der Waals surface area contributed by atoms with Gasteiger partial charge in [0.2, 0.25) is 0 Å². The number of benzene rings is 3. The van der Waals surface area contributed by atoms with Gasteiger partial charge in [-0.2, -0.15) is 5.26 Å². The predicted octanol–water partition coefficient (Wildman–Crippen LogP) is 5.65. The number of para-hydroxylation sites is 2. The number of hydrogen-bond acceptors (Lipinski definition) is 3. The van der Waals surface area contributed by atoms with Gasteiger partial charge in [-0.15, -0.1) is 0 Å². The maximum atomic E-state index is 9.62. The van der Waals surface area contributed by atoms with Crippen LogP contribution in [0.2, 0.25) is 0 Å². The van der Waals surface area contributed by atoms with Crippen LogP contribution in [-0.2, 0) is 6.54 Å². The van der Waals surface area contributed by atoms with Gasteiger partial charge >= 0.3 is 0 Å². The molecule has 0 fully saturated rings. The first-order valence-electron chi connectivity index (χ1n) is 9.72. The highest BCUT2D eigenvalue weighted by atomic mass is 15.1. The van der Waals surface area contributed by atoms with Gasteiger partial charge in [0.25, 0.3) is 0 Å². The fraction of sp³-hybridized carbons (Fsp3) is 0.120. The van der Waals surface area contributed by atoms with Crippen LogP contribution in [0.5, 0.6) is 0 Å². The number of anilines is 1. The number of H-pyrrole nitrogens is 1. The summed E-state index contributed by atoms with van der Waals surface area (Å²) < 4.78 is 0. The van der Waals surface area contributed by atoms with Crippen LogP contribution < -0.4 is 4.90 Å². The van der Waals surface area contributed by atoms with Gasteiger partial charge in [0.15, 0.2) is 0 Å². The monoisotopic (exact) mass is 378 g/mol. The molecule has 0 radical (unpaired) electrons. The van der Waals surface area contributed by atoms with Crippen molar-refractivity contribution in [3.63, 3.8) is 0 Å². The van der Waals surface area contributed by atoms with E-state index >= 15 is 0 Å². The first-order chi connectivity index (χ1) is 14.3. The van der Waals surface area contributed by atoms with Gasteiger partial charge in [-0.1, -0.05) is 54.6 Å². The summed E-state index contributed by atoms with van der Waals surface area (Å²) in [7, 11) is 0. The minimum Gasteiger partial charge on any atom is -0.367 e. The third-order valence-corrected chi connectivity index (χ3v) is 4.93. The van der Waals surface area contributed by atoms with E-state index in [2.05, 4.69) is 64.3 Å². The van der Waals surface area contributed by atoms with Gasteiger partial charge in [-0.25, -0.2) is 4.98 Å². The number of aromatic nitrogens is 2. The molecule has 0 spiro atoms. The van der Waals surface area contributed by atoms with Gasteiger partial charge in [0.1, 0.15) is 11.9 Å². The lowest BCUT2D eigenvalue weighted by Crippen LogP contribution is -2.21. The van der Waals surface area contributed by atoms with Crippen LogP contribution in [0, 0.1) is 11.3 Å². The second-order valence-corrected chi connectivity index (χ2v) is 6.86. The molecule has 29 heavy (non-hydrogen) atoms. The first kappa shape index (κ1) is 18.5. The zero-order valence-electron chi connectivity index (χ0n) is 16.3. The standard InChI is InChI=1S/C25H22N4/c1-2-29(18-20-8-4-3-5-9-20)22-14-12-19(13-15-22)16-21(17-26)25-27-23-10-6-7-11-24(23)28-25/h3-16H,2,18H2,1H3,(H,27,28)/b21-16-. The largest absolute Gasteiger partial charge is 0.367 e. The molecule has 142 valence electrons. The lowest BCUT2D eigenvalue weighted by Gasteiger charge is -2.23. The molecule has 4 heteroatoms. The zero-order chi connectivity index (χ0) is 20.1. The van der Waals surface area contributed by atoms with Crippen molar-refractivity contribution in [2.45, 2.75) is 13.5 Å².